The van der Waals surface area contributed by atoms with Crippen LogP contribution < -0.4 is 5.32 Å². The highest BCUT2D eigenvalue weighted by atomic mass is 16.1. The zero-order valence-corrected chi connectivity index (χ0v) is 11.3. The minimum atomic E-state index is -0.111. The number of aromatic nitrogens is 2. The highest BCUT2D eigenvalue weighted by Gasteiger charge is 2.08. The minimum Gasteiger partial charge on any atom is -0.311 e. The summed E-state index contributed by atoms with van der Waals surface area (Å²) in [5.74, 6) is 0.463. The predicted molar refractivity (Wildman–Crippen MR) is 76.9 cm³/mol. The first kappa shape index (κ1) is 13.8. The Morgan fingerprint density at radius 1 is 1.45 bits per heavy atom. The lowest BCUT2D eigenvalue weighted by atomic mass is 10.1. The standard InChI is InChI=1S/C15H16N4O/c1-11-6-2-3-7-12(11)13-10-14(19-18-13)17-15(20)8-4-5-9-16/h2-3,6-7,10H,4-5,8H2,1H3,(H2,17,18,19,20). The summed E-state index contributed by atoms with van der Waals surface area (Å²) in [4.78, 5) is 11.6. The highest BCUT2D eigenvalue weighted by molar-refractivity contribution is 5.90. The number of rotatable bonds is 5. The van der Waals surface area contributed by atoms with E-state index in [1.807, 2.05) is 43.3 Å². The maximum Gasteiger partial charge on any atom is 0.225 e. The molecule has 0 aliphatic rings. The van der Waals surface area contributed by atoms with E-state index in [-0.39, 0.29) is 5.91 Å². The van der Waals surface area contributed by atoms with E-state index in [1.54, 1.807) is 0 Å². The number of H-pyrrole nitrogens is 1. The molecule has 0 saturated carbocycles. The molecule has 0 saturated heterocycles. The molecule has 1 aromatic carbocycles. The molecule has 0 spiro atoms. The maximum atomic E-state index is 11.6. The molecule has 1 amide bonds. The zero-order chi connectivity index (χ0) is 14.4. The number of anilines is 1. The van der Waals surface area contributed by atoms with Gasteiger partial charge in [-0.15, -0.1) is 0 Å². The van der Waals surface area contributed by atoms with Gasteiger partial charge in [0, 0.05) is 24.5 Å². The number of carbonyl (C=O) groups is 1. The predicted octanol–water partition coefficient (Wildman–Crippen LogP) is 3.02. The Kier molecular flexibility index (Phi) is 4.51. The summed E-state index contributed by atoms with van der Waals surface area (Å²) in [6, 6.07) is 11.8. The van der Waals surface area contributed by atoms with Gasteiger partial charge < -0.3 is 5.32 Å². The number of hydrogen-bond acceptors (Lipinski definition) is 3. The largest absolute Gasteiger partial charge is 0.311 e. The van der Waals surface area contributed by atoms with Crippen molar-refractivity contribution in [2.24, 2.45) is 0 Å². The molecular formula is C15H16N4O. The van der Waals surface area contributed by atoms with E-state index in [1.165, 1.54) is 0 Å². The molecule has 0 aliphatic heterocycles. The Bertz CT molecular complexity index is 639. The third kappa shape index (κ3) is 3.45. The lowest BCUT2D eigenvalue weighted by Gasteiger charge is -2.01. The number of nitriles is 1. The van der Waals surface area contributed by atoms with E-state index >= 15 is 0 Å². The highest BCUT2D eigenvalue weighted by Crippen LogP contribution is 2.23. The van der Waals surface area contributed by atoms with E-state index in [0.717, 1.165) is 16.8 Å². The number of carbonyl (C=O) groups excluding carboxylic acids is 1. The van der Waals surface area contributed by atoms with Gasteiger partial charge in [0.1, 0.15) is 5.82 Å². The molecule has 0 radical (unpaired) electrons. The smallest absolute Gasteiger partial charge is 0.225 e. The van der Waals surface area contributed by atoms with E-state index in [2.05, 4.69) is 15.5 Å². The van der Waals surface area contributed by atoms with Crippen LogP contribution in [0.15, 0.2) is 30.3 Å². The van der Waals surface area contributed by atoms with Crippen molar-refractivity contribution in [3.05, 3.63) is 35.9 Å². The van der Waals surface area contributed by atoms with E-state index in [0.29, 0.717) is 25.1 Å². The van der Waals surface area contributed by atoms with Gasteiger partial charge in [0.2, 0.25) is 5.91 Å². The molecule has 20 heavy (non-hydrogen) atoms. The Balaban J connectivity index is 2.01. The van der Waals surface area contributed by atoms with Gasteiger partial charge in [-0.3, -0.25) is 9.89 Å². The second-order valence-electron chi connectivity index (χ2n) is 4.54. The molecule has 2 rings (SSSR count). The van der Waals surface area contributed by atoms with E-state index < -0.39 is 0 Å². The molecule has 5 heteroatoms. The monoisotopic (exact) mass is 268 g/mol. The van der Waals surface area contributed by atoms with Crippen LogP contribution in [-0.4, -0.2) is 16.1 Å². The first-order valence-corrected chi connectivity index (χ1v) is 6.49. The van der Waals surface area contributed by atoms with Gasteiger partial charge in [-0.1, -0.05) is 24.3 Å². The number of unbranched alkanes of at least 4 members (excludes halogenated alkanes) is 1. The fraction of sp³-hybridized carbons (Fsp3) is 0.267. The molecule has 1 heterocycles. The second-order valence-corrected chi connectivity index (χ2v) is 4.54. The Hall–Kier alpha value is -2.61. The molecule has 0 fully saturated rings. The molecular weight excluding hydrogens is 252 g/mol. The van der Waals surface area contributed by atoms with Crippen LogP contribution >= 0.6 is 0 Å². The van der Waals surface area contributed by atoms with E-state index in [9.17, 15) is 4.79 Å². The molecule has 0 bridgehead atoms. The summed E-state index contributed by atoms with van der Waals surface area (Å²) >= 11 is 0. The molecule has 2 aromatic rings. The minimum absolute atomic E-state index is 0.111. The van der Waals surface area contributed by atoms with E-state index in [4.69, 9.17) is 5.26 Å². The van der Waals surface area contributed by atoms with Crippen molar-refractivity contribution in [3.8, 4) is 17.3 Å². The van der Waals surface area contributed by atoms with Crippen LogP contribution in [0, 0.1) is 18.3 Å². The second kappa shape index (κ2) is 6.53. The average molecular weight is 268 g/mol. The van der Waals surface area contributed by atoms with Crippen LogP contribution in [0.2, 0.25) is 0 Å². The quantitative estimate of drug-likeness (QED) is 0.818. The number of amides is 1. The molecule has 0 atom stereocenters. The van der Waals surface area contributed by atoms with Gasteiger partial charge in [0.15, 0.2) is 0 Å². The van der Waals surface area contributed by atoms with Gasteiger partial charge in [0.25, 0.3) is 0 Å². The van der Waals surface area contributed by atoms with Crippen LogP contribution in [-0.2, 0) is 4.79 Å². The third-order valence-electron chi connectivity index (χ3n) is 2.97. The SMILES string of the molecule is Cc1ccccc1-c1cc(NC(=O)CCCC#N)[nH]n1. The lowest BCUT2D eigenvalue weighted by molar-refractivity contribution is -0.116. The van der Waals surface area contributed by atoms with Crippen molar-refractivity contribution in [2.45, 2.75) is 26.2 Å². The van der Waals surface area contributed by atoms with Crippen molar-refractivity contribution >= 4 is 11.7 Å². The van der Waals surface area contributed by atoms with Crippen LogP contribution in [0.5, 0.6) is 0 Å². The number of aryl methyl sites for hydroxylation is 1. The fourth-order valence-electron chi connectivity index (χ4n) is 1.92. The van der Waals surface area contributed by atoms with Crippen LogP contribution in [0.3, 0.4) is 0 Å². The Morgan fingerprint density at radius 2 is 2.25 bits per heavy atom. The topological polar surface area (TPSA) is 81.6 Å². The van der Waals surface area contributed by atoms with Crippen molar-refractivity contribution in [3.63, 3.8) is 0 Å². The number of nitrogens with one attached hydrogen (secondary N) is 2. The fourth-order valence-corrected chi connectivity index (χ4v) is 1.92. The summed E-state index contributed by atoms with van der Waals surface area (Å²) < 4.78 is 0. The first-order valence-electron chi connectivity index (χ1n) is 6.49. The Labute approximate surface area is 117 Å². The maximum absolute atomic E-state index is 11.6. The van der Waals surface area contributed by atoms with Gasteiger partial charge in [-0.05, 0) is 18.9 Å². The molecule has 0 aliphatic carbocycles. The summed E-state index contributed by atoms with van der Waals surface area (Å²) in [5.41, 5.74) is 2.97. The Morgan fingerprint density at radius 3 is 3.00 bits per heavy atom. The van der Waals surface area contributed by atoms with Crippen LogP contribution in [0.4, 0.5) is 5.82 Å². The van der Waals surface area contributed by atoms with Crippen molar-refractivity contribution < 1.29 is 4.79 Å². The number of nitrogens with zero attached hydrogens (tertiary/aromatic N) is 2. The van der Waals surface area contributed by atoms with Crippen LogP contribution in [0.25, 0.3) is 11.3 Å². The summed E-state index contributed by atoms with van der Waals surface area (Å²) in [5, 5.41) is 18.2. The van der Waals surface area contributed by atoms with Gasteiger partial charge in [0.05, 0.1) is 11.8 Å². The van der Waals surface area contributed by atoms with Gasteiger partial charge >= 0.3 is 0 Å². The van der Waals surface area contributed by atoms with Gasteiger partial charge in [-0.25, -0.2) is 0 Å². The molecule has 0 unspecified atom stereocenters. The average Bonchev–Trinajstić information content (AvgIpc) is 2.88. The number of benzene rings is 1. The number of aromatic amines is 1. The molecule has 1 aromatic heterocycles. The van der Waals surface area contributed by atoms with Gasteiger partial charge in [-0.2, -0.15) is 10.4 Å². The van der Waals surface area contributed by atoms with Crippen molar-refractivity contribution in [1.29, 1.82) is 5.26 Å². The van der Waals surface area contributed by atoms with Crippen LogP contribution in [0.1, 0.15) is 24.8 Å². The van der Waals surface area contributed by atoms with Crippen molar-refractivity contribution in [1.82, 2.24) is 10.2 Å². The first-order chi connectivity index (χ1) is 9.70. The number of hydrogen-bond donors (Lipinski definition) is 2. The zero-order valence-electron chi connectivity index (χ0n) is 11.3. The molecule has 102 valence electrons. The van der Waals surface area contributed by atoms with Crippen molar-refractivity contribution in [2.75, 3.05) is 5.32 Å². The lowest BCUT2D eigenvalue weighted by Crippen LogP contribution is -2.11. The summed E-state index contributed by atoms with van der Waals surface area (Å²) in [7, 11) is 0. The summed E-state index contributed by atoms with van der Waals surface area (Å²) in [6.07, 6.45) is 1.30. The normalized spacial score (nSPS) is 10.0. The molecule has 2 N–H and O–H groups in total. The molecule has 5 nitrogen and oxygen atoms in total. The third-order valence-corrected chi connectivity index (χ3v) is 2.97. The summed E-state index contributed by atoms with van der Waals surface area (Å²) in [6.45, 7) is 2.02.